The Bertz CT molecular complexity index is 938. The topological polar surface area (TPSA) is 63.6 Å². The smallest absolute Gasteiger partial charge is 0.139 e. The zero-order chi connectivity index (χ0) is 23.7. The number of rotatable bonds is 12. The first-order valence-electron chi connectivity index (χ1n) is 11.9. The van der Waals surface area contributed by atoms with Gasteiger partial charge in [0.25, 0.3) is 0 Å². The lowest BCUT2D eigenvalue weighted by molar-refractivity contribution is -0.126. The van der Waals surface area contributed by atoms with E-state index in [2.05, 4.69) is 6.92 Å². The first-order chi connectivity index (χ1) is 15.9. The lowest BCUT2D eigenvalue weighted by Gasteiger charge is -2.32. The molecule has 2 aromatic rings. The minimum atomic E-state index is -1.20. The summed E-state index contributed by atoms with van der Waals surface area (Å²) in [6.45, 7) is 5.32. The van der Waals surface area contributed by atoms with Gasteiger partial charge in [-0.2, -0.15) is 0 Å². The van der Waals surface area contributed by atoms with Gasteiger partial charge in [0.1, 0.15) is 5.78 Å². The van der Waals surface area contributed by atoms with Crippen molar-refractivity contribution in [3.8, 4) is 0 Å². The highest BCUT2D eigenvalue weighted by Crippen LogP contribution is 2.46. The predicted molar refractivity (Wildman–Crippen MR) is 133 cm³/mol. The van der Waals surface area contributed by atoms with E-state index >= 15 is 0 Å². The van der Waals surface area contributed by atoms with Crippen molar-refractivity contribution in [3.63, 3.8) is 0 Å². The maximum atomic E-state index is 12.6. The highest BCUT2D eigenvalue weighted by molar-refractivity contribution is 7.88. The van der Waals surface area contributed by atoms with Gasteiger partial charge in [0.15, 0.2) is 0 Å². The molecule has 0 radical (unpaired) electrons. The number of allylic oxidation sites excluding steroid dienone is 1. The van der Waals surface area contributed by atoms with Gasteiger partial charge in [0.05, 0.1) is 23.5 Å². The summed E-state index contributed by atoms with van der Waals surface area (Å²) in [5.74, 6) is -0.210. The van der Waals surface area contributed by atoms with Crippen molar-refractivity contribution in [3.05, 3.63) is 77.2 Å². The van der Waals surface area contributed by atoms with Gasteiger partial charge in [-0.05, 0) is 62.1 Å². The summed E-state index contributed by atoms with van der Waals surface area (Å²) in [6.07, 6.45) is 5.46. The Morgan fingerprint density at radius 1 is 1.15 bits per heavy atom. The monoisotopic (exact) mass is 468 g/mol. The van der Waals surface area contributed by atoms with Gasteiger partial charge in [-0.25, -0.2) is 4.21 Å². The third-order valence-corrected chi connectivity index (χ3v) is 7.81. The van der Waals surface area contributed by atoms with Crippen LogP contribution in [0.5, 0.6) is 0 Å². The molecule has 0 spiro atoms. The second kappa shape index (κ2) is 12.4. The molecule has 4 atom stereocenters. The number of unbranched alkanes of at least 4 members (excludes halogenated alkanes) is 1. The van der Waals surface area contributed by atoms with Crippen LogP contribution in [-0.2, 0) is 26.9 Å². The quantitative estimate of drug-likeness (QED) is 0.404. The maximum absolute atomic E-state index is 12.6. The van der Waals surface area contributed by atoms with Crippen LogP contribution in [0.15, 0.2) is 71.0 Å². The van der Waals surface area contributed by atoms with Crippen molar-refractivity contribution in [1.29, 1.82) is 0 Å². The average molecular weight is 469 g/mol. The van der Waals surface area contributed by atoms with Gasteiger partial charge in [0, 0.05) is 29.2 Å². The maximum Gasteiger partial charge on any atom is 0.139 e. The molecule has 0 aromatic heterocycles. The Labute approximate surface area is 200 Å². The van der Waals surface area contributed by atoms with Gasteiger partial charge >= 0.3 is 0 Å². The molecule has 0 aliphatic heterocycles. The fourth-order valence-electron chi connectivity index (χ4n) is 4.66. The Kier molecular flexibility index (Phi) is 9.60. The van der Waals surface area contributed by atoms with Gasteiger partial charge < -0.3 is 9.84 Å². The molecule has 1 aliphatic rings. The lowest BCUT2D eigenvalue weighted by Crippen LogP contribution is -2.35. The van der Waals surface area contributed by atoms with Gasteiger partial charge in [0.2, 0.25) is 0 Å². The Hall–Kier alpha value is -2.08. The Morgan fingerprint density at radius 3 is 2.61 bits per heavy atom. The molecular weight excluding hydrogens is 432 g/mol. The number of hydrogen-bond acceptors (Lipinski definition) is 4. The SMILES string of the molecule is Cc1ccc(S(=O)/C=C/C[C@]2(C)CCC(=O)[C@H]2[C@H](O)CCCCOCc2ccccc2)cc1. The molecule has 4 nitrogen and oxygen atoms in total. The van der Waals surface area contributed by atoms with E-state index in [1.807, 2.05) is 67.6 Å². The highest BCUT2D eigenvalue weighted by Gasteiger charge is 2.47. The lowest BCUT2D eigenvalue weighted by atomic mass is 9.73. The summed E-state index contributed by atoms with van der Waals surface area (Å²) < 4.78 is 18.2. The van der Waals surface area contributed by atoms with E-state index in [1.165, 1.54) is 0 Å². The van der Waals surface area contributed by atoms with E-state index in [4.69, 9.17) is 4.74 Å². The van der Waals surface area contributed by atoms with Crippen molar-refractivity contribution in [2.75, 3.05) is 6.61 Å². The summed E-state index contributed by atoms with van der Waals surface area (Å²) >= 11 is 0. The number of carbonyl (C=O) groups is 1. The zero-order valence-electron chi connectivity index (χ0n) is 19.7. The summed E-state index contributed by atoms with van der Waals surface area (Å²) in [5.41, 5.74) is 1.99. The standard InChI is InChI=1S/C28H36O4S/c1-22-12-14-24(15-13-22)33(31)20-8-17-28(2)18-16-26(30)27(28)25(29)11-6-7-19-32-21-23-9-4-3-5-10-23/h3-5,8-10,12-15,20,25,27,29H,6-7,11,16-19,21H2,1-2H3/b20-8+/t25-,27-,28-,33?/m1/s1. The number of aliphatic hydroxyl groups excluding tert-OH is 1. The van der Waals surface area contributed by atoms with Crippen molar-refractivity contribution in [1.82, 2.24) is 0 Å². The highest BCUT2D eigenvalue weighted by atomic mass is 32.2. The molecule has 1 N–H and O–H groups in total. The van der Waals surface area contributed by atoms with Crippen molar-refractivity contribution < 1.29 is 18.8 Å². The fraction of sp³-hybridized carbons (Fsp3) is 0.464. The van der Waals surface area contributed by atoms with E-state index < -0.39 is 16.9 Å². The molecule has 178 valence electrons. The van der Waals surface area contributed by atoms with Crippen molar-refractivity contribution >= 4 is 16.6 Å². The van der Waals surface area contributed by atoms with Crippen LogP contribution in [0.4, 0.5) is 0 Å². The summed E-state index contributed by atoms with van der Waals surface area (Å²) in [6, 6.07) is 17.7. The molecule has 33 heavy (non-hydrogen) atoms. The Morgan fingerprint density at radius 2 is 1.88 bits per heavy atom. The van der Waals surface area contributed by atoms with Crippen LogP contribution in [0.2, 0.25) is 0 Å². The molecule has 0 heterocycles. The number of aliphatic hydroxyl groups is 1. The number of Topliss-reactive ketones (excluding diaryl/α,β-unsaturated/α-hetero) is 1. The number of benzene rings is 2. The predicted octanol–water partition coefficient (Wildman–Crippen LogP) is 5.74. The third-order valence-electron chi connectivity index (χ3n) is 6.63. The molecular formula is C28H36O4S. The molecule has 0 saturated heterocycles. The molecule has 3 rings (SSSR count). The Balaban J connectivity index is 1.45. The first kappa shape index (κ1) is 25.5. The van der Waals surface area contributed by atoms with Crippen LogP contribution in [0, 0.1) is 18.3 Å². The van der Waals surface area contributed by atoms with E-state index in [-0.39, 0.29) is 17.1 Å². The fourth-order valence-corrected chi connectivity index (χ4v) is 5.49. The second-order valence-corrected chi connectivity index (χ2v) is 10.7. The first-order valence-corrected chi connectivity index (χ1v) is 13.1. The number of ketones is 1. The van der Waals surface area contributed by atoms with Crippen LogP contribution < -0.4 is 0 Å². The van der Waals surface area contributed by atoms with Crippen LogP contribution >= 0.6 is 0 Å². The number of aryl methyl sites for hydroxylation is 1. The number of hydrogen-bond donors (Lipinski definition) is 1. The van der Waals surface area contributed by atoms with Gasteiger partial charge in [-0.3, -0.25) is 4.79 Å². The minimum Gasteiger partial charge on any atom is -0.392 e. The number of ether oxygens (including phenoxy) is 1. The van der Waals surface area contributed by atoms with E-state index in [9.17, 15) is 14.1 Å². The summed E-state index contributed by atoms with van der Waals surface area (Å²) in [4.78, 5) is 13.4. The summed E-state index contributed by atoms with van der Waals surface area (Å²) in [5, 5.41) is 12.6. The van der Waals surface area contributed by atoms with E-state index in [1.54, 1.807) is 5.41 Å². The molecule has 2 aromatic carbocycles. The van der Waals surface area contributed by atoms with Crippen LogP contribution in [-0.4, -0.2) is 27.8 Å². The molecule has 1 saturated carbocycles. The average Bonchev–Trinajstić information content (AvgIpc) is 3.11. The molecule has 1 fully saturated rings. The molecule has 5 heteroatoms. The minimum absolute atomic E-state index is 0.151. The van der Waals surface area contributed by atoms with Crippen molar-refractivity contribution in [2.24, 2.45) is 11.3 Å². The van der Waals surface area contributed by atoms with Gasteiger partial charge in [-0.15, -0.1) is 0 Å². The molecule has 0 bridgehead atoms. The largest absolute Gasteiger partial charge is 0.392 e. The zero-order valence-corrected chi connectivity index (χ0v) is 20.6. The van der Waals surface area contributed by atoms with Crippen LogP contribution in [0.3, 0.4) is 0 Å². The molecule has 0 amide bonds. The molecule has 1 unspecified atom stereocenters. The van der Waals surface area contributed by atoms with E-state index in [0.717, 1.165) is 35.3 Å². The second-order valence-electron chi connectivity index (χ2n) is 9.39. The third kappa shape index (κ3) is 7.46. The van der Waals surface area contributed by atoms with Crippen LogP contribution in [0.1, 0.15) is 56.6 Å². The normalized spacial score (nSPS) is 22.6. The summed E-state index contributed by atoms with van der Waals surface area (Å²) in [7, 11) is -1.20. The van der Waals surface area contributed by atoms with Crippen molar-refractivity contribution in [2.45, 2.75) is 70.0 Å². The van der Waals surface area contributed by atoms with Gasteiger partial charge in [-0.1, -0.05) is 61.0 Å². The van der Waals surface area contributed by atoms with E-state index in [0.29, 0.717) is 32.5 Å². The van der Waals surface area contributed by atoms with Crippen LogP contribution in [0.25, 0.3) is 0 Å². The molecule has 1 aliphatic carbocycles. The number of carbonyl (C=O) groups excluding carboxylic acids is 1.